The van der Waals surface area contributed by atoms with E-state index >= 15 is 0 Å². The van der Waals surface area contributed by atoms with Gasteiger partial charge in [-0.1, -0.05) is 11.8 Å². The number of methoxy groups -OCH3 is 1. The summed E-state index contributed by atoms with van der Waals surface area (Å²) in [5.41, 5.74) is 1.86. The largest absolute Gasteiger partial charge is 0.497 e. The first-order valence-corrected chi connectivity index (χ1v) is 8.74. The Balaban J connectivity index is 1.76. The summed E-state index contributed by atoms with van der Waals surface area (Å²) in [6.07, 6.45) is 0. The molecule has 0 aliphatic rings. The molecule has 126 valence electrons. The number of rotatable bonds is 6. The molecular formula is C17H20N4O2S. The lowest BCUT2D eigenvalue weighted by Gasteiger charge is -2.03. The van der Waals surface area contributed by atoms with Crippen LogP contribution < -0.4 is 4.74 Å². The Labute approximate surface area is 145 Å². The molecular weight excluding hydrogens is 324 g/mol. The monoisotopic (exact) mass is 344 g/mol. The van der Waals surface area contributed by atoms with Crippen molar-refractivity contribution in [3.8, 4) is 17.2 Å². The van der Waals surface area contributed by atoms with E-state index in [1.54, 1.807) is 18.9 Å². The van der Waals surface area contributed by atoms with E-state index in [0.29, 0.717) is 11.6 Å². The van der Waals surface area contributed by atoms with Crippen molar-refractivity contribution in [1.29, 1.82) is 0 Å². The molecule has 0 atom stereocenters. The van der Waals surface area contributed by atoms with Crippen LogP contribution in [0.15, 0.2) is 33.8 Å². The molecule has 2 aromatic heterocycles. The maximum atomic E-state index is 5.82. The summed E-state index contributed by atoms with van der Waals surface area (Å²) in [4.78, 5) is 4.63. The Kier molecular flexibility index (Phi) is 4.89. The first-order chi connectivity index (χ1) is 11.6. The molecule has 0 spiro atoms. The molecule has 3 aromatic rings. The van der Waals surface area contributed by atoms with Gasteiger partial charge in [-0.2, -0.15) is 0 Å². The molecule has 0 radical (unpaired) electrons. The van der Waals surface area contributed by atoms with Crippen molar-refractivity contribution in [2.45, 2.75) is 38.2 Å². The van der Waals surface area contributed by atoms with Crippen LogP contribution in [-0.4, -0.2) is 26.9 Å². The van der Waals surface area contributed by atoms with E-state index < -0.39 is 0 Å². The second-order valence-electron chi connectivity index (χ2n) is 5.31. The lowest BCUT2D eigenvalue weighted by atomic mass is 10.2. The van der Waals surface area contributed by atoms with Crippen molar-refractivity contribution in [1.82, 2.24) is 19.7 Å². The van der Waals surface area contributed by atoms with Crippen LogP contribution >= 0.6 is 11.8 Å². The molecule has 1 aromatic carbocycles. The Morgan fingerprint density at radius 1 is 1.17 bits per heavy atom. The Hall–Kier alpha value is -2.28. The van der Waals surface area contributed by atoms with Gasteiger partial charge in [0.1, 0.15) is 17.3 Å². The SMILES string of the molecule is CCn1c(C)nnc1SCc1nc(-c2ccc(OC)cc2)oc1C. The summed E-state index contributed by atoms with van der Waals surface area (Å²) in [6, 6.07) is 7.68. The minimum atomic E-state index is 0.624. The van der Waals surface area contributed by atoms with Gasteiger partial charge in [-0.3, -0.25) is 0 Å². The zero-order chi connectivity index (χ0) is 17.1. The molecule has 3 rings (SSSR count). The van der Waals surface area contributed by atoms with Gasteiger partial charge in [0.15, 0.2) is 5.16 Å². The summed E-state index contributed by atoms with van der Waals surface area (Å²) in [7, 11) is 1.65. The molecule has 0 aliphatic heterocycles. The lowest BCUT2D eigenvalue weighted by molar-refractivity contribution is 0.415. The second kappa shape index (κ2) is 7.09. The van der Waals surface area contributed by atoms with E-state index in [9.17, 15) is 0 Å². The van der Waals surface area contributed by atoms with Crippen LogP contribution in [0.4, 0.5) is 0 Å². The number of oxazole rings is 1. The molecule has 24 heavy (non-hydrogen) atoms. The van der Waals surface area contributed by atoms with E-state index in [2.05, 4.69) is 26.7 Å². The van der Waals surface area contributed by atoms with E-state index in [4.69, 9.17) is 9.15 Å². The van der Waals surface area contributed by atoms with Crippen LogP contribution in [0.5, 0.6) is 5.75 Å². The minimum Gasteiger partial charge on any atom is -0.497 e. The quantitative estimate of drug-likeness (QED) is 0.632. The highest BCUT2D eigenvalue weighted by Gasteiger charge is 2.14. The number of ether oxygens (including phenoxy) is 1. The first-order valence-electron chi connectivity index (χ1n) is 7.75. The fourth-order valence-corrected chi connectivity index (χ4v) is 3.43. The maximum absolute atomic E-state index is 5.82. The topological polar surface area (TPSA) is 66.0 Å². The van der Waals surface area contributed by atoms with E-state index in [1.165, 1.54) is 0 Å². The van der Waals surface area contributed by atoms with E-state index in [0.717, 1.165) is 40.3 Å². The number of hydrogen-bond acceptors (Lipinski definition) is 6. The first kappa shape index (κ1) is 16.6. The summed E-state index contributed by atoms with van der Waals surface area (Å²) < 4.78 is 13.1. The number of benzene rings is 1. The molecule has 2 heterocycles. The van der Waals surface area contributed by atoms with Crippen LogP contribution in [0.1, 0.15) is 24.2 Å². The fraction of sp³-hybridized carbons (Fsp3) is 0.353. The van der Waals surface area contributed by atoms with Gasteiger partial charge < -0.3 is 13.7 Å². The fourth-order valence-electron chi connectivity index (χ4n) is 2.38. The van der Waals surface area contributed by atoms with Gasteiger partial charge in [-0.05, 0) is 45.0 Å². The van der Waals surface area contributed by atoms with Gasteiger partial charge in [-0.15, -0.1) is 10.2 Å². The number of nitrogens with zero attached hydrogens (tertiary/aromatic N) is 4. The molecule has 0 unspecified atom stereocenters. The Morgan fingerprint density at radius 3 is 2.58 bits per heavy atom. The van der Waals surface area contributed by atoms with Crippen LogP contribution in [0.2, 0.25) is 0 Å². The van der Waals surface area contributed by atoms with Crippen molar-refractivity contribution < 1.29 is 9.15 Å². The van der Waals surface area contributed by atoms with Crippen LogP contribution in [0, 0.1) is 13.8 Å². The molecule has 6 nitrogen and oxygen atoms in total. The van der Waals surface area contributed by atoms with Gasteiger partial charge >= 0.3 is 0 Å². The van der Waals surface area contributed by atoms with Crippen molar-refractivity contribution in [2.75, 3.05) is 7.11 Å². The standard InChI is InChI=1S/C17H20N4O2S/c1-5-21-12(3)19-20-17(21)24-10-15-11(2)23-16(18-15)13-6-8-14(22-4)9-7-13/h6-9H,5,10H2,1-4H3. The Bertz CT molecular complexity index is 824. The average Bonchev–Trinajstić information content (AvgIpc) is 3.15. The second-order valence-corrected chi connectivity index (χ2v) is 6.26. The minimum absolute atomic E-state index is 0.624. The molecule has 0 amide bonds. The molecule has 0 aliphatic carbocycles. The predicted molar refractivity (Wildman–Crippen MR) is 93.2 cm³/mol. The van der Waals surface area contributed by atoms with E-state index in [1.807, 2.05) is 38.1 Å². The summed E-state index contributed by atoms with van der Waals surface area (Å²) in [6.45, 7) is 6.84. The molecule has 0 saturated heterocycles. The molecule has 0 bridgehead atoms. The van der Waals surface area contributed by atoms with Gasteiger partial charge in [-0.25, -0.2) is 4.98 Å². The maximum Gasteiger partial charge on any atom is 0.226 e. The summed E-state index contributed by atoms with van der Waals surface area (Å²) in [5, 5.41) is 9.25. The number of aromatic nitrogens is 4. The predicted octanol–water partition coefficient (Wildman–Crippen LogP) is 3.87. The molecule has 7 heteroatoms. The van der Waals surface area contributed by atoms with Crippen LogP contribution in [-0.2, 0) is 12.3 Å². The highest BCUT2D eigenvalue weighted by Crippen LogP contribution is 2.28. The van der Waals surface area contributed by atoms with Crippen molar-refractivity contribution >= 4 is 11.8 Å². The van der Waals surface area contributed by atoms with Gasteiger partial charge in [0.25, 0.3) is 0 Å². The van der Waals surface area contributed by atoms with Crippen LogP contribution in [0.3, 0.4) is 0 Å². The van der Waals surface area contributed by atoms with Crippen molar-refractivity contribution in [2.24, 2.45) is 0 Å². The van der Waals surface area contributed by atoms with Crippen LogP contribution in [0.25, 0.3) is 11.5 Å². The highest BCUT2D eigenvalue weighted by molar-refractivity contribution is 7.98. The smallest absolute Gasteiger partial charge is 0.226 e. The number of hydrogen-bond donors (Lipinski definition) is 0. The van der Waals surface area contributed by atoms with Gasteiger partial charge in [0, 0.05) is 17.9 Å². The Morgan fingerprint density at radius 2 is 1.92 bits per heavy atom. The van der Waals surface area contributed by atoms with Gasteiger partial charge in [0.05, 0.1) is 12.8 Å². The number of aryl methyl sites for hydroxylation is 2. The van der Waals surface area contributed by atoms with Crippen molar-refractivity contribution in [3.63, 3.8) is 0 Å². The van der Waals surface area contributed by atoms with E-state index in [-0.39, 0.29) is 0 Å². The normalized spacial score (nSPS) is 11.0. The highest BCUT2D eigenvalue weighted by atomic mass is 32.2. The third-order valence-electron chi connectivity index (χ3n) is 3.79. The zero-order valence-electron chi connectivity index (χ0n) is 14.2. The lowest BCUT2D eigenvalue weighted by Crippen LogP contribution is -1.99. The molecule has 0 fully saturated rings. The molecule has 0 N–H and O–H groups in total. The average molecular weight is 344 g/mol. The molecule has 0 saturated carbocycles. The zero-order valence-corrected chi connectivity index (χ0v) is 15.1. The van der Waals surface area contributed by atoms with Gasteiger partial charge in [0.2, 0.25) is 5.89 Å². The summed E-state index contributed by atoms with van der Waals surface area (Å²) in [5.74, 6) is 3.89. The third-order valence-corrected chi connectivity index (χ3v) is 4.76. The summed E-state index contributed by atoms with van der Waals surface area (Å²) >= 11 is 1.62. The van der Waals surface area contributed by atoms with Crippen molar-refractivity contribution in [3.05, 3.63) is 41.5 Å². The third kappa shape index (κ3) is 3.31. The number of thioether (sulfide) groups is 1.